The zero-order chi connectivity index (χ0) is 17.4. The molecule has 1 aliphatic carbocycles. The van der Waals surface area contributed by atoms with Crippen molar-refractivity contribution in [2.75, 3.05) is 31.1 Å². The molecule has 1 saturated heterocycles. The summed E-state index contributed by atoms with van der Waals surface area (Å²) in [6, 6.07) is 7.45. The summed E-state index contributed by atoms with van der Waals surface area (Å²) in [5.74, 6) is 1.69. The van der Waals surface area contributed by atoms with Crippen LogP contribution in [0.25, 0.3) is 0 Å². The number of rotatable bonds is 3. The smallest absolute Gasteiger partial charge is 0.253 e. The predicted molar refractivity (Wildman–Crippen MR) is 93.5 cm³/mol. The van der Waals surface area contributed by atoms with Crippen LogP contribution < -0.4 is 4.90 Å². The zero-order valence-electron chi connectivity index (χ0n) is 13.7. The van der Waals surface area contributed by atoms with Gasteiger partial charge in [-0.1, -0.05) is 11.6 Å². The lowest BCUT2D eigenvalue weighted by Gasteiger charge is -2.35. The summed E-state index contributed by atoms with van der Waals surface area (Å²) in [5, 5.41) is 0.469. The highest BCUT2D eigenvalue weighted by atomic mass is 35.5. The SMILES string of the molecule is O=C(c1ccc(F)cc1)N1CCN(c2cc(Cl)nc(C3CC3)n2)CC1. The maximum Gasteiger partial charge on any atom is 0.253 e. The molecule has 2 aliphatic rings. The molecule has 1 saturated carbocycles. The number of aromatic nitrogens is 2. The van der Waals surface area contributed by atoms with E-state index in [9.17, 15) is 9.18 Å². The van der Waals surface area contributed by atoms with E-state index in [1.54, 1.807) is 11.0 Å². The molecule has 1 aliphatic heterocycles. The number of amides is 1. The van der Waals surface area contributed by atoms with Gasteiger partial charge in [-0.05, 0) is 37.1 Å². The van der Waals surface area contributed by atoms with Gasteiger partial charge < -0.3 is 9.80 Å². The maximum atomic E-state index is 13.0. The first kappa shape index (κ1) is 16.3. The number of anilines is 1. The van der Waals surface area contributed by atoms with Gasteiger partial charge in [0, 0.05) is 43.7 Å². The third-order valence-corrected chi connectivity index (χ3v) is 4.82. The second-order valence-corrected chi connectivity index (χ2v) is 6.85. The van der Waals surface area contributed by atoms with E-state index < -0.39 is 0 Å². The van der Waals surface area contributed by atoms with Crippen LogP contribution in [0.2, 0.25) is 5.15 Å². The molecule has 0 spiro atoms. The van der Waals surface area contributed by atoms with Gasteiger partial charge >= 0.3 is 0 Å². The zero-order valence-corrected chi connectivity index (χ0v) is 14.4. The lowest BCUT2D eigenvalue weighted by atomic mass is 10.2. The Bertz CT molecular complexity index is 786. The number of nitrogens with zero attached hydrogens (tertiary/aromatic N) is 4. The van der Waals surface area contributed by atoms with Gasteiger partial charge in [-0.15, -0.1) is 0 Å². The third-order valence-electron chi connectivity index (χ3n) is 4.62. The second-order valence-electron chi connectivity index (χ2n) is 6.47. The van der Waals surface area contributed by atoms with Crippen LogP contribution in [0.3, 0.4) is 0 Å². The van der Waals surface area contributed by atoms with Crippen LogP contribution in [0.4, 0.5) is 10.2 Å². The number of carbonyl (C=O) groups is 1. The molecule has 0 radical (unpaired) electrons. The molecule has 1 amide bonds. The minimum absolute atomic E-state index is 0.0703. The van der Waals surface area contributed by atoms with Crippen LogP contribution in [0.5, 0.6) is 0 Å². The summed E-state index contributed by atoms with van der Waals surface area (Å²) in [6.45, 7) is 2.56. The Kier molecular flexibility index (Phi) is 4.29. The Hall–Kier alpha value is -2.21. The summed E-state index contributed by atoms with van der Waals surface area (Å²) in [6.07, 6.45) is 2.25. The van der Waals surface area contributed by atoms with Gasteiger partial charge in [0.1, 0.15) is 22.6 Å². The van der Waals surface area contributed by atoms with E-state index in [1.807, 2.05) is 0 Å². The topological polar surface area (TPSA) is 49.3 Å². The van der Waals surface area contributed by atoms with Gasteiger partial charge in [-0.3, -0.25) is 4.79 Å². The van der Waals surface area contributed by atoms with E-state index >= 15 is 0 Å². The molecular weight excluding hydrogens is 343 g/mol. The highest BCUT2D eigenvalue weighted by molar-refractivity contribution is 6.29. The number of halogens is 2. The molecule has 1 aromatic carbocycles. The highest BCUT2D eigenvalue weighted by Gasteiger charge is 2.29. The molecule has 1 aromatic heterocycles. The van der Waals surface area contributed by atoms with Crippen molar-refractivity contribution in [3.8, 4) is 0 Å². The van der Waals surface area contributed by atoms with Crippen LogP contribution in [0, 0.1) is 5.82 Å². The number of piperazine rings is 1. The van der Waals surface area contributed by atoms with Gasteiger partial charge in [0.2, 0.25) is 0 Å². The molecule has 0 atom stereocenters. The van der Waals surface area contributed by atoms with Crippen molar-refractivity contribution in [3.05, 3.63) is 52.7 Å². The van der Waals surface area contributed by atoms with E-state index in [1.165, 1.54) is 24.3 Å². The average Bonchev–Trinajstić information content (AvgIpc) is 3.47. The summed E-state index contributed by atoms with van der Waals surface area (Å²) >= 11 is 6.14. The summed E-state index contributed by atoms with van der Waals surface area (Å²) in [7, 11) is 0. The fourth-order valence-corrected chi connectivity index (χ4v) is 3.21. The van der Waals surface area contributed by atoms with Crippen molar-refractivity contribution in [2.45, 2.75) is 18.8 Å². The lowest BCUT2D eigenvalue weighted by Crippen LogP contribution is -2.49. The van der Waals surface area contributed by atoms with Crippen molar-refractivity contribution in [1.29, 1.82) is 0 Å². The molecule has 130 valence electrons. The van der Waals surface area contributed by atoms with Crippen molar-refractivity contribution < 1.29 is 9.18 Å². The van der Waals surface area contributed by atoms with Crippen molar-refractivity contribution in [1.82, 2.24) is 14.9 Å². The molecule has 2 fully saturated rings. The molecule has 0 N–H and O–H groups in total. The Balaban J connectivity index is 1.43. The van der Waals surface area contributed by atoms with Crippen LogP contribution in [-0.4, -0.2) is 47.0 Å². The number of benzene rings is 1. The molecule has 0 bridgehead atoms. The van der Waals surface area contributed by atoms with E-state index in [4.69, 9.17) is 11.6 Å². The van der Waals surface area contributed by atoms with Gasteiger partial charge in [-0.2, -0.15) is 0 Å². The molecule has 2 aromatic rings. The molecular formula is C18H18ClFN4O. The number of carbonyl (C=O) groups excluding carboxylic acids is 1. The van der Waals surface area contributed by atoms with Crippen LogP contribution in [-0.2, 0) is 0 Å². The first-order valence-electron chi connectivity index (χ1n) is 8.44. The molecule has 5 nitrogen and oxygen atoms in total. The van der Waals surface area contributed by atoms with E-state index in [0.29, 0.717) is 42.8 Å². The standard InChI is InChI=1S/C18H18ClFN4O/c19-15-11-16(22-17(21-15)12-1-2-12)23-7-9-24(10-8-23)18(25)13-3-5-14(20)6-4-13/h3-6,11-12H,1-2,7-10H2. The molecule has 2 heterocycles. The minimum atomic E-state index is -0.339. The Labute approximate surface area is 150 Å². The Morgan fingerprint density at radius 2 is 1.76 bits per heavy atom. The first-order chi connectivity index (χ1) is 12.1. The third kappa shape index (κ3) is 3.58. The van der Waals surface area contributed by atoms with Gasteiger partial charge in [0.15, 0.2) is 0 Å². The molecule has 25 heavy (non-hydrogen) atoms. The first-order valence-corrected chi connectivity index (χ1v) is 8.82. The Morgan fingerprint density at radius 1 is 1.08 bits per heavy atom. The molecule has 0 unspecified atom stereocenters. The summed E-state index contributed by atoms with van der Waals surface area (Å²) < 4.78 is 13.0. The fraction of sp³-hybridized carbons (Fsp3) is 0.389. The van der Waals surface area contributed by atoms with Gasteiger partial charge in [0.25, 0.3) is 5.91 Å². The van der Waals surface area contributed by atoms with E-state index in [0.717, 1.165) is 24.5 Å². The van der Waals surface area contributed by atoms with Crippen molar-refractivity contribution in [2.24, 2.45) is 0 Å². The van der Waals surface area contributed by atoms with Crippen LogP contribution >= 0.6 is 11.6 Å². The van der Waals surface area contributed by atoms with Gasteiger partial charge in [-0.25, -0.2) is 14.4 Å². The normalized spacial score (nSPS) is 17.7. The summed E-state index contributed by atoms with van der Waals surface area (Å²) in [4.78, 5) is 25.4. The maximum absolute atomic E-state index is 13.0. The van der Waals surface area contributed by atoms with E-state index in [-0.39, 0.29) is 11.7 Å². The van der Waals surface area contributed by atoms with Crippen molar-refractivity contribution >= 4 is 23.3 Å². The summed E-state index contributed by atoms with van der Waals surface area (Å²) in [5.41, 5.74) is 0.510. The fourth-order valence-electron chi connectivity index (χ4n) is 3.02. The van der Waals surface area contributed by atoms with E-state index in [2.05, 4.69) is 14.9 Å². The largest absolute Gasteiger partial charge is 0.353 e. The number of hydrogen-bond acceptors (Lipinski definition) is 4. The van der Waals surface area contributed by atoms with Crippen LogP contribution in [0.1, 0.15) is 34.9 Å². The monoisotopic (exact) mass is 360 g/mol. The predicted octanol–water partition coefficient (Wildman–Crippen LogP) is 3.11. The van der Waals surface area contributed by atoms with Gasteiger partial charge in [0.05, 0.1) is 0 Å². The lowest BCUT2D eigenvalue weighted by molar-refractivity contribution is 0.0746. The molecule has 4 rings (SSSR count). The van der Waals surface area contributed by atoms with Crippen LogP contribution in [0.15, 0.2) is 30.3 Å². The second kappa shape index (κ2) is 6.59. The quantitative estimate of drug-likeness (QED) is 0.789. The average molecular weight is 361 g/mol. The van der Waals surface area contributed by atoms with Crippen molar-refractivity contribution in [3.63, 3.8) is 0 Å². The highest BCUT2D eigenvalue weighted by Crippen LogP contribution is 2.39. The molecule has 7 heteroatoms. The Morgan fingerprint density at radius 3 is 2.40 bits per heavy atom. The number of hydrogen-bond donors (Lipinski definition) is 0. The minimum Gasteiger partial charge on any atom is -0.353 e.